The predicted octanol–water partition coefficient (Wildman–Crippen LogP) is 5.14. The summed E-state index contributed by atoms with van der Waals surface area (Å²) in [6.45, 7) is 2.85. The van der Waals surface area contributed by atoms with E-state index in [1.807, 2.05) is 6.07 Å². The Morgan fingerprint density at radius 3 is 2.47 bits per heavy atom. The highest BCUT2D eigenvalue weighted by atomic mass is 79.9. The number of halogens is 2. The molecule has 2 aromatic carbocycles. The van der Waals surface area contributed by atoms with Crippen molar-refractivity contribution in [1.82, 2.24) is 0 Å². The van der Waals surface area contributed by atoms with Gasteiger partial charge in [-0.1, -0.05) is 28.1 Å². The van der Waals surface area contributed by atoms with E-state index in [9.17, 15) is 0 Å². The van der Waals surface area contributed by atoms with E-state index < -0.39 is 0 Å². The van der Waals surface area contributed by atoms with E-state index in [2.05, 4.69) is 74.4 Å². The average molecular weight is 385 g/mol. The molecule has 0 aliphatic rings. The van der Waals surface area contributed by atoms with Crippen LogP contribution in [0.4, 0.5) is 5.69 Å². The van der Waals surface area contributed by atoms with Gasteiger partial charge >= 0.3 is 0 Å². The van der Waals surface area contributed by atoms with Gasteiger partial charge in [-0.25, -0.2) is 0 Å². The number of ether oxygens (including phenoxy) is 1. The van der Waals surface area contributed by atoms with Crippen molar-refractivity contribution in [2.24, 2.45) is 0 Å². The third-order valence-corrected chi connectivity index (χ3v) is 4.36. The van der Waals surface area contributed by atoms with Gasteiger partial charge in [0.2, 0.25) is 0 Å². The Hall–Kier alpha value is -1.000. The van der Waals surface area contributed by atoms with Crippen LogP contribution in [0.3, 0.4) is 0 Å². The van der Waals surface area contributed by atoms with E-state index >= 15 is 0 Å². The zero-order chi connectivity index (χ0) is 13.8. The number of nitrogens with one attached hydrogen (secondary N) is 1. The van der Waals surface area contributed by atoms with Crippen LogP contribution in [0.5, 0.6) is 5.75 Å². The molecule has 0 unspecified atom stereocenters. The first-order chi connectivity index (χ1) is 9.10. The van der Waals surface area contributed by atoms with Crippen molar-refractivity contribution >= 4 is 37.5 Å². The summed E-state index contributed by atoms with van der Waals surface area (Å²) in [6.07, 6.45) is 0. The molecule has 0 bridgehead atoms. The van der Waals surface area contributed by atoms with Crippen molar-refractivity contribution in [3.63, 3.8) is 0 Å². The lowest BCUT2D eigenvalue weighted by molar-refractivity contribution is 0.412. The smallest absolute Gasteiger partial charge is 0.133 e. The Bertz CT molecular complexity index is 584. The molecule has 0 aliphatic carbocycles. The number of methoxy groups -OCH3 is 1. The zero-order valence-corrected chi connectivity index (χ0v) is 14.0. The van der Waals surface area contributed by atoms with Crippen molar-refractivity contribution in [3.05, 3.63) is 56.5 Å². The Morgan fingerprint density at radius 2 is 1.84 bits per heavy atom. The van der Waals surface area contributed by atoms with Gasteiger partial charge in [-0.15, -0.1) is 0 Å². The molecule has 2 aromatic rings. The second kappa shape index (κ2) is 6.44. The molecule has 0 spiro atoms. The maximum Gasteiger partial charge on any atom is 0.133 e. The second-order valence-corrected chi connectivity index (χ2v) is 6.00. The number of hydrogen-bond donors (Lipinski definition) is 1. The lowest BCUT2D eigenvalue weighted by Crippen LogP contribution is -2.00. The van der Waals surface area contributed by atoms with E-state index in [1.165, 1.54) is 11.1 Å². The van der Waals surface area contributed by atoms with Crippen LogP contribution in [-0.4, -0.2) is 7.11 Å². The summed E-state index contributed by atoms with van der Waals surface area (Å²) in [5.41, 5.74) is 3.53. The van der Waals surface area contributed by atoms with Crippen LogP contribution in [0, 0.1) is 6.92 Å². The minimum absolute atomic E-state index is 0.776. The van der Waals surface area contributed by atoms with Gasteiger partial charge in [0.1, 0.15) is 5.75 Å². The summed E-state index contributed by atoms with van der Waals surface area (Å²) in [5, 5.41) is 3.40. The van der Waals surface area contributed by atoms with Crippen molar-refractivity contribution in [2.45, 2.75) is 13.5 Å². The molecule has 4 heteroatoms. The van der Waals surface area contributed by atoms with Crippen molar-refractivity contribution < 1.29 is 4.74 Å². The van der Waals surface area contributed by atoms with E-state index in [-0.39, 0.29) is 0 Å². The Labute approximate surface area is 130 Å². The summed E-state index contributed by atoms with van der Waals surface area (Å²) in [6, 6.07) is 12.4. The maximum absolute atomic E-state index is 5.22. The number of hydrogen-bond acceptors (Lipinski definition) is 2. The van der Waals surface area contributed by atoms with E-state index in [0.717, 1.165) is 26.9 Å². The quantitative estimate of drug-likeness (QED) is 0.787. The van der Waals surface area contributed by atoms with Crippen LogP contribution < -0.4 is 10.1 Å². The fourth-order valence-electron chi connectivity index (χ4n) is 1.73. The van der Waals surface area contributed by atoms with Crippen molar-refractivity contribution in [2.75, 3.05) is 12.4 Å². The monoisotopic (exact) mass is 383 g/mol. The second-order valence-electron chi connectivity index (χ2n) is 4.29. The first-order valence-corrected chi connectivity index (χ1v) is 7.51. The van der Waals surface area contributed by atoms with Gasteiger partial charge in [0.25, 0.3) is 0 Å². The molecule has 19 heavy (non-hydrogen) atoms. The van der Waals surface area contributed by atoms with Crippen LogP contribution in [0.15, 0.2) is 45.3 Å². The van der Waals surface area contributed by atoms with Crippen LogP contribution in [0.1, 0.15) is 11.1 Å². The molecule has 0 saturated heterocycles. The lowest BCUT2D eigenvalue weighted by atomic mass is 10.2. The van der Waals surface area contributed by atoms with Gasteiger partial charge in [0, 0.05) is 16.7 Å². The molecule has 0 fully saturated rings. The molecule has 0 heterocycles. The zero-order valence-electron chi connectivity index (χ0n) is 10.8. The summed E-state index contributed by atoms with van der Waals surface area (Å²) >= 11 is 7.03. The minimum atomic E-state index is 0.776. The Morgan fingerprint density at radius 1 is 1.05 bits per heavy atom. The number of anilines is 1. The van der Waals surface area contributed by atoms with Crippen LogP contribution in [-0.2, 0) is 6.54 Å². The van der Waals surface area contributed by atoms with E-state index in [0.29, 0.717) is 0 Å². The number of rotatable bonds is 4. The molecule has 0 amide bonds. The Kier molecular flexibility index (Phi) is 4.88. The fourth-order valence-corrected chi connectivity index (χ4v) is 2.69. The van der Waals surface area contributed by atoms with Crippen LogP contribution in [0.25, 0.3) is 0 Å². The van der Waals surface area contributed by atoms with E-state index in [4.69, 9.17) is 4.74 Å². The topological polar surface area (TPSA) is 21.3 Å². The third-order valence-electron chi connectivity index (χ3n) is 2.88. The summed E-state index contributed by atoms with van der Waals surface area (Å²) < 4.78 is 7.31. The normalized spacial score (nSPS) is 10.3. The van der Waals surface area contributed by atoms with Crippen molar-refractivity contribution in [1.29, 1.82) is 0 Å². The number of aryl methyl sites for hydroxylation is 1. The fraction of sp³-hybridized carbons (Fsp3) is 0.200. The molecule has 0 aromatic heterocycles. The van der Waals surface area contributed by atoms with Gasteiger partial charge in [0.15, 0.2) is 0 Å². The standard InChI is InChI=1S/C15H15Br2NO/c1-10-3-5-12(8-13(10)16)18-9-11-4-6-15(19-2)14(17)7-11/h3-8,18H,9H2,1-2H3. The molecular formula is C15H15Br2NO. The summed E-state index contributed by atoms with van der Waals surface area (Å²) in [5.74, 6) is 0.849. The predicted molar refractivity (Wildman–Crippen MR) is 86.9 cm³/mol. The van der Waals surface area contributed by atoms with Crippen LogP contribution >= 0.6 is 31.9 Å². The largest absolute Gasteiger partial charge is 0.496 e. The molecule has 0 radical (unpaired) electrons. The molecule has 0 aliphatic heterocycles. The maximum atomic E-state index is 5.22. The van der Waals surface area contributed by atoms with Gasteiger partial charge in [-0.3, -0.25) is 0 Å². The lowest BCUT2D eigenvalue weighted by Gasteiger charge is -2.10. The van der Waals surface area contributed by atoms with Gasteiger partial charge in [-0.05, 0) is 58.2 Å². The number of benzene rings is 2. The molecule has 2 rings (SSSR count). The molecule has 0 atom stereocenters. The van der Waals surface area contributed by atoms with Gasteiger partial charge in [-0.2, -0.15) is 0 Å². The molecule has 0 saturated carbocycles. The highest BCUT2D eigenvalue weighted by molar-refractivity contribution is 9.10. The van der Waals surface area contributed by atoms with Crippen molar-refractivity contribution in [3.8, 4) is 5.75 Å². The Balaban J connectivity index is 2.05. The summed E-state index contributed by atoms with van der Waals surface area (Å²) in [7, 11) is 1.67. The van der Waals surface area contributed by atoms with Gasteiger partial charge in [0.05, 0.1) is 11.6 Å². The first-order valence-electron chi connectivity index (χ1n) is 5.92. The molecule has 2 nitrogen and oxygen atoms in total. The molecule has 100 valence electrons. The highest BCUT2D eigenvalue weighted by Gasteiger charge is 2.02. The molecular weight excluding hydrogens is 370 g/mol. The highest BCUT2D eigenvalue weighted by Crippen LogP contribution is 2.26. The third kappa shape index (κ3) is 3.74. The van der Waals surface area contributed by atoms with E-state index in [1.54, 1.807) is 7.11 Å². The first kappa shape index (κ1) is 14.4. The van der Waals surface area contributed by atoms with Gasteiger partial charge < -0.3 is 10.1 Å². The minimum Gasteiger partial charge on any atom is -0.496 e. The average Bonchev–Trinajstić information content (AvgIpc) is 2.40. The molecule has 1 N–H and O–H groups in total. The van der Waals surface area contributed by atoms with Crippen LogP contribution in [0.2, 0.25) is 0 Å². The summed E-state index contributed by atoms with van der Waals surface area (Å²) in [4.78, 5) is 0. The SMILES string of the molecule is COc1ccc(CNc2ccc(C)c(Br)c2)cc1Br.